The summed E-state index contributed by atoms with van der Waals surface area (Å²) in [6, 6.07) is 7.82. The van der Waals surface area contributed by atoms with Gasteiger partial charge in [0.1, 0.15) is 25.1 Å². The molecule has 3 heterocycles. The smallest absolute Gasteiger partial charge is 0.319 e. The molecule has 1 atom stereocenters. The molecule has 170 valence electrons. The van der Waals surface area contributed by atoms with Gasteiger partial charge in [0.15, 0.2) is 0 Å². The van der Waals surface area contributed by atoms with Crippen molar-refractivity contribution >= 4 is 35.3 Å². The van der Waals surface area contributed by atoms with Crippen molar-refractivity contribution in [3.05, 3.63) is 36.2 Å². The van der Waals surface area contributed by atoms with Crippen LogP contribution < -0.4 is 26.2 Å². The molecular formula is C22H30N8O2. The third-order valence-corrected chi connectivity index (χ3v) is 5.85. The van der Waals surface area contributed by atoms with Crippen LogP contribution in [-0.2, 0) is 4.84 Å². The van der Waals surface area contributed by atoms with Gasteiger partial charge in [-0.15, -0.1) is 0 Å². The maximum atomic E-state index is 12.5. The van der Waals surface area contributed by atoms with Crippen LogP contribution in [0.2, 0.25) is 0 Å². The van der Waals surface area contributed by atoms with Crippen molar-refractivity contribution in [1.29, 1.82) is 0 Å². The molecule has 2 aromatic rings. The van der Waals surface area contributed by atoms with E-state index >= 15 is 0 Å². The maximum Gasteiger partial charge on any atom is 0.319 e. The molecular weight excluding hydrogens is 408 g/mol. The predicted octanol–water partition coefficient (Wildman–Crippen LogP) is 2.43. The first kappa shape index (κ1) is 21.7. The zero-order valence-electron chi connectivity index (χ0n) is 18.3. The van der Waals surface area contributed by atoms with Gasteiger partial charge in [-0.05, 0) is 49.9 Å². The van der Waals surface area contributed by atoms with Crippen LogP contribution >= 0.6 is 0 Å². The monoisotopic (exact) mass is 438 g/mol. The highest BCUT2D eigenvalue weighted by molar-refractivity contribution is 5.92. The summed E-state index contributed by atoms with van der Waals surface area (Å²) in [5.74, 6) is 1.01. The van der Waals surface area contributed by atoms with Gasteiger partial charge in [0, 0.05) is 43.6 Å². The quantitative estimate of drug-likeness (QED) is 0.468. The van der Waals surface area contributed by atoms with Crippen molar-refractivity contribution in [1.82, 2.24) is 15.3 Å². The lowest BCUT2D eigenvalue weighted by Crippen LogP contribution is -2.40. The number of nitrogens with zero attached hydrogens (tertiary/aromatic N) is 5. The molecule has 4 rings (SSSR count). The molecule has 0 saturated carbocycles. The average Bonchev–Trinajstić information content (AvgIpc) is 3.27. The van der Waals surface area contributed by atoms with E-state index in [1.165, 1.54) is 44.6 Å². The number of amides is 2. The lowest BCUT2D eigenvalue weighted by molar-refractivity contribution is 0.215. The highest BCUT2D eigenvalue weighted by Crippen LogP contribution is 2.24. The lowest BCUT2D eigenvalue weighted by atomic mass is 10.1. The molecule has 4 N–H and O–H groups in total. The number of nitrogen functional groups attached to an aromatic ring is 1. The Balaban J connectivity index is 1.32. The van der Waals surface area contributed by atoms with Gasteiger partial charge >= 0.3 is 6.03 Å². The summed E-state index contributed by atoms with van der Waals surface area (Å²) in [6.45, 7) is 3.55. The molecule has 32 heavy (non-hydrogen) atoms. The van der Waals surface area contributed by atoms with E-state index in [9.17, 15) is 4.79 Å². The van der Waals surface area contributed by atoms with Crippen molar-refractivity contribution in [3.63, 3.8) is 0 Å². The van der Waals surface area contributed by atoms with Gasteiger partial charge in [-0.25, -0.2) is 14.8 Å². The first-order chi connectivity index (χ1) is 15.6. The van der Waals surface area contributed by atoms with Gasteiger partial charge in [0.05, 0.1) is 11.8 Å². The molecule has 1 aromatic heterocycles. The fraction of sp³-hybridized carbons (Fsp3) is 0.455. The number of aromatic nitrogens is 2. The second kappa shape index (κ2) is 10.2. The molecule has 2 amide bonds. The topological polar surface area (TPSA) is 121 Å². The molecule has 0 spiro atoms. The third-order valence-electron chi connectivity index (χ3n) is 5.85. The van der Waals surface area contributed by atoms with Gasteiger partial charge in [-0.2, -0.15) is 0 Å². The summed E-state index contributed by atoms with van der Waals surface area (Å²) in [5, 5.41) is 9.77. The Hall–Kier alpha value is -3.56. The summed E-state index contributed by atoms with van der Waals surface area (Å²) in [6.07, 6.45) is 7.52. The Morgan fingerprint density at radius 1 is 1.16 bits per heavy atom. The number of rotatable bonds is 6. The number of benzene rings is 1. The van der Waals surface area contributed by atoms with Gasteiger partial charge in [0.25, 0.3) is 0 Å². The standard InChI is InChI=1S/C22H30N8O2/c1-32-26-13-19-20(23)24-15-25-21(19)30-12-9-17(14-30)28-22(31)27-16-5-7-18(8-6-16)29-10-3-2-4-11-29/h5-8,13,15,17H,2-4,9-12,14H2,1H3,(H2,23,24,25)(H2,27,28,31). The zero-order chi connectivity index (χ0) is 22.3. The summed E-state index contributed by atoms with van der Waals surface area (Å²) >= 11 is 0. The van der Waals surface area contributed by atoms with Crippen molar-refractivity contribution in [2.24, 2.45) is 5.16 Å². The molecule has 0 aliphatic carbocycles. The van der Waals surface area contributed by atoms with Crippen molar-refractivity contribution in [2.75, 3.05) is 54.1 Å². The highest BCUT2D eigenvalue weighted by Gasteiger charge is 2.27. The molecule has 2 fully saturated rings. The van der Waals surface area contributed by atoms with E-state index in [1.54, 1.807) is 0 Å². The molecule has 1 unspecified atom stereocenters. The largest absolute Gasteiger partial charge is 0.399 e. The van der Waals surface area contributed by atoms with Gasteiger partial charge in [-0.3, -0.25) is 0 Å². The molecule has 2 aliphatic rings. The number of hydrogen-bond donors (Lipinski definition) is 3. The zero-order valence-corrected chi connectivity index (χ0v) is 18.3. The first-order valence-corrected chi connectivity index (χ1v) is 11.0. The normalized spacial score (nSPS) is 18.7. The second-order valence-corrected chi connectivity index (χ2v) is 8.04. The van der Waals surface area contributed by atoms with Crippen LogP contribution in [0.15, 0.2) is 35.7 Å². The Morgan fingerprint density at radius 3 is 2.69 bits per heavy atom. The summed E-state index contributed by atoms with van der Waals surface area (Å²) in [5.41, 5.74) is 8.57. The van der Waals surface area contributed by atoms with Crippen LogP contribution in [0.3, 0.4) is 0 Å². The van der Waals surface area contributed by atoms with E-state index in [-0.39, 0.29) is 12.1 Å². The number of urea groups is 1. The third kappa shape index (κ3) is 5.19. The number of nitrogens with one attached hydrogen (secondary N) is 2. The Kier molecular flexibility index (Phi) is 6.88. The van der Waals surface area contributed by atoms with E-state index in [1.807, 2.05) is 12.1 Å². The minimum Gasteiger partial charge on any atom is -0.399 e. The van der Waals surface area contributed by atoms with Gasteiger partial charge in [-0.1, -0.05) is 5.16 Å². The molecule has 10 heteroatoms. The highest BCUT2D eigenvalue weighted by atomic mass is 16.6. The van der Waals surface area contributed by atoms with Crippen LogP contribution in [0.1, 0.15) is 31.2 Å². The fourth-order valence-electron chi connectivity index (χ4n) is 4.21. The van der Waals surface area contributed by atoms with Crippen LogP contribution in [0, 0.1) is 0 Å². The second-order valence-electron chi connectivity index (χ2n) is 8.04. The minimum atomic E-state index is -0.217. The van der Waals surface area contributed by atoms with E-state index in [0.717, 1.165) is 31.7 Å². The molecule has 0 radical (unpaired) electrons. The van der Waals surface area contributed by atoms with Crippen molar-refractivity contribution in [2.45, 2.75) is 31.7 Å². The number of oxime groups is 1. The number of nitrogens with two attached hydrogens (primary N) is 1. The van der Waals surface area contributed by atoms with E-state index in [0.29, 0.717) is 23.7 Å². The molecule has 0 bridgehead atoms. The van der Waals surface area contributed by atoms with Crippen molar-refractivity contribution in [3.8, 4) is 0 Å². The average molecular weight is 439 g/mol. The minimum absolute atomic E-state index is 0.00831. The van der Waals surface area contributed by atoms with Gasteiger partial charge < -0.3 is 31.0 Å². The van der Waals surface area contributed by atoms with Crippen LogP contribution in [0.5, 0.6) is 0 Å². The Morgan fingerprint density at radius 2 is 1.94 bits per heavy atom. The molecule has 2 saturated heterocycles. The molecule has 1 aromatic carbocycles. The van der Waals surface area contributed by atoms with Crippen LogP contribution in [0.25, 0.3) is 0 Å². The summed E-state index contributed by atoms with van der Waals surface area (Å²) in [4.78, 5) is 30.1. The SMILES string of the molecule is CON=Cc1c(N)ncnc1N1CCC(NC(=O)Nc2ccc(N3CCCCC3)cc2)C1. The van der Waals surface area contributed by atoms with Crippen LogP contribution in [0.4, 0.5) is 27.8 Å². The Bertz CT molecular complexity index is 943. The number of carbonyl (C=O) groups is 1. The van der Waals surface area contributed by atoms with E-state index < -0.39 is 0 Å². The Labute approximate surface area is 187 Å². The maximum absolute atomic E-state index is 12.5. The molecule has 2 aliphatic heterocycles. The number of piperidine rings is 1. The van der Waals surface area contributed by atoms with Gasteiger partial charge in [0.2, 0.25) is 0 Å². The number of anilines is 4. The van der Waals surface area contributed by atoms with Crippen molar-refractivity contribution < 1.29 is 9.63 Å². The summed E-state index contributed by atoms with van der Waals surface area (Å²) in [7, 11) is 1.46. The lowest BCUT2D eigenvalue weighted by Gasteiger charge is -2.28. The number of carbonyl (C=O) groups excluding carboxylic acids is 1. The van der Waals surface area contributed by atoms with Crippen LogP contribution in [-0.4, -0.2) is 61.5 Å². The summed E-state index contributed by atoms with van der Waals surface area (Å²) < 4.78 is 0. The predicted molar refractivity (Wildman–Crippen MR) is 126 cm³/mol. The number of hydrogen-bond acceptors (Lipinski definition) is 8. The van der Waals surface area contributed by atoms with E-state index in [4.69, 9.17) is 10.6 Å². The van der Waals surface area contributed by atoms with E-state index in [2.05, 4.69) is 47.7 Å². The first-order valence-electron chi connectivity index (χ1n) is 11.0. The molecule has 10 nitrogen and oxygen atoms in total. The fourth-order valence-corrected chi connectivity index (χ4v) is 4.21.